The molecule has 1 unspecified atom stereocenters. The van der Waals surface area contributed by atoms with Gasteiger partial charge in [-0.25, -0.2) is 9.79 Å². The molecule has 1 aromatic rings. The lowest BCUT2D eigenvalue weighted by Gasteiger charge is -2.34. The summed E-state index contributed by atoms with van der Waals surface area (Å²) in [7, 11) is -0.423. The number of nitrogens with zero attached hydrogens (tertiary/aromatic N) is 1. The summed E-state index contributed by atoms with van der Waals surface area (Å²) in [4.78, 5) is 13.9. The molecule has 0 bridgehead atoms. The first-order chi connectivity index (χ1) is 8.48. The Bertz CT molecular complexity index is 470. The fourth-order valence-electron chi connectivity index (χ4n) is 1.95. The summed E-state index contributed by atoms with van der Waals surface area (Å²) in [5.74, 6) is 0. The van der Waals surface area contributed by atoms with E-state index in [9.17, 15) is 4.79 Å². The zero-order valence-electron chi connectivity index (χ0n) is 10.8. The molecule has 0 aromatic heterocycles. The van der Waals surface area contributed by atoms with Gasteiger partial charge in [-0.2, -0.15) is 0 Å². The Morgan fingerprint density at radius 2 is 1.89 bits per heavy atom. The number of hydrogen-bond acceptors (Lipinski definition) is 4. The second-order valence-corrected chi connectivity index (χ2v) is 5.13. The molecular weight excluding hydrogens is 229 g/mol. The molecule has 1 aliphatic heterocycles. The van der Waals surface area contributed by atoms with Crippen molar-refractivity contribution in [3.8, 4) is 0 Å². The topological polar surface area (TPSA) is 47.9 Å². The van der Waals surface area contributed by atoms with Crippen molar-refractivity contribution in [3.05, 3.63) is 30.3 Å². The van der Waals surface area contributed by atoms with Gasteiger partial charge in [0.1, 0.15) is 0 Å². The summed E-state index contributed by atoms with van der Waals surface area (Å²) in [6, 6.07) is 9.73. The van der Waals surface area contributed by atoms with Gasteiger partial charge in [0.05, 0.1) is 17.7 Å². The zero-order valence-corrected chi connectivity index (χ0v) is 10.8. The molecule has 18 heavy (non-hydrogen) atoms. The van der Waals surface area contributed by atoms with Gasteiger partial charge in [0.15, 0.2) is 0 Å². The first-order valence-corrected chi connectivity index (χ1v) is 5.93. The van der Waals surface area contributed by atoms with Gasteiger partial charge >= 0.3 is 7.12 Å². The van der Waals surface area contributed by atoms with Crippen molar-refractivity contribution in [2.45, 2.75) is 32.0 Å². The first kappa shape index (κ1) is 13.0. The van der Waals surface area contributed by atoms with E-state index in [1.54, 1.807) is 6.08 Å². The van der Waals surface area contributed by atoms with Crippen LogP contribution in [0.5, 0.6) is 0 Å². The Morgan fingerprint density at radius 1 is 1.22 bits per heavy atom. The summed E-state index contributed by atoms with van der Waals surface area (Å²) < 4.78 is 11.9. The number of rotatable bonds is 3. The summed E-state index contributed by atoms with van der Waals surface area (Å²) in [5.41, 5.74) is -0.192. The number of isocyanates is 1. The van der Waals surface area contributed by atoms with Crippen molar-refractivity contribution in [1.82, 2.24) is 0 Å². The van der Waals surface area contributed by atoms with E-state index in [1.165, 1.54) is 0 Å². The molecule has 94 valence electrons. The number of benzene rings is 1. The van der Waals surface area contributed by atoms with Gasteiger partial charge in [0.25, 0.3) is 0 Å². The van der Waals surface area contributed by atoms with E-state index in [0.29, 0.717) is 0 Å². The molecule has 1 heterocycles. The molecule has 4 nitrogen and oxygen atoms in total. The minimum absolute atomic E-state index is 0.243. The van der Waals surface area contributed by atoms with Crippen LogP contribution in [0.1, 0.15) is 20.8 Å². The molecule has 1 saturated heterocycles. The molecule has 1 aromatic carbocycles. The van der Waals surface area contributed by atoms with Gasteiger partial charge in [-0.05, 0) is 26.2 Å². The lowest BCUT2D eigenvalue weighted by atomic mass is 9.79. The third kappa shape index (κ3) is 2.25. The molecule has 1 aliphatic rings. The van der Waals surface area contributed by atoms with Crippen LogP contribution in [0, 0.1) is 0 Å². The summed E-state index contributed by atoms with van der Waals surface area (Å²) in [5, 5.41) is 0. The van der Waals surface area contributed by atoms with Gasteiger partial charge in [0, 0.05) is 0 Å². The molecule has 1 fully saturated rings. The average Bonchev–Trinajstić information content (AvgIpc) is 2.59. The lowest BCUT2D eigenvalue weighted by Crippen LogP contribution is -2.47. The molecule has 0 amide bonds. The third-order valence-electron chi connectivity index (χ3n) is 3.56. The van der Waals surface area contributed by atoms with Crippen molar-refractivity contribution < 1.29 is 14.1 Å². The highest BCUT2D eigenvalue weighted by molar-refractivity contribution is 6.62. The van der Waals surface area contributed by atoms with Crippen LogP contribution in [0.15, 0.2) is 35.3 Å². The van der Waals surface area contributed by atoms with Crippen molar-refractivity contribution >= 4 is 18.7 Å². The molecule has 5 heteroatoms. The van der Waals surface area contributed by atoms with Gasteiger partial charge in [0.2, 0.25) is 6.08 Å². The van der Waals surface area contributed by atoms with E-state index < -0.39 is 18.3 Å². The SMILES string of the molecule is CC1(C)OB(c2ccccc2)OC1(C)CN=C=O. The van der Waals surface area contributed by atoms with Gasteiger partial charge in [-0.3, -0.25) is 0 Å². The van der Waals surface area contributed by atoms with E-state index in [-0.39, 0.29) is 6.54 Å². The smallest absolute Gasteiger partial charge is 0.399 e. The van der Waals surface area contributed by atoms with Gasteiger partial charge in [-0.15, -0.1) is 0 Å². The minimum Gasteiger partial charge on any atom is -0.399 e. The second kappa shape index (κ2) is 4.69. The van der Waals surface area contributed by atoms with E-state index in [1.807, 2.05) is 51.1 Å². The minimum atomic E-state index is -0.634. The average molecular weight is 245 g/mol. The van der Waals surface area contributed by atoms with Crippen LogP contribution >= 0.6 is 0 Å². The molecule has 0 aliphatic carbocycles. The van der Waals surface area contributed by atoms with Crippen LogP contribution in [-0.2, 0) is 14.1 Å². The highest BCUT2D eigenvalue weighted by Crippen LogP contribution is 2.37. The van der Waals surface area contributed by atoms with Gasteiger partial charge in [-0.1, -0.05) is 30.3 Å². The predicted octanol–water partition coefficient (Wildman–Crippen LogP) is 1.30. The maximum atomic E-state index is 10.3. The molecule has 0 N–H and O–H groups in total. The highest BCUT2D eigenvalue weighted by atomic mass is 16.7. The Balaban J connectivity index is 2.24. The summed E-state index contributed by atoms with van der Waals surface area (Å²) >= 11 is 0. The third-order valence-corrected chi connectivity index (χ3v) is 3.56. The Hall–Kier alpha value is -1.42. The molecule has 0 saturated carbocycles. The van der Waals surface area contributed by atoms with E-state index >= 15 is 0 Å². The van der Waals surface area contributed by atoms with Crippen LogP contribution in [0.3, 0.4) is 0 Å². The largest absolute Gasteiger partial charge is 0.494 e. The maximum Gasteiger partial charge on any atom is 0.494 e. The summed E-state index contributed by atoms with van der Waals surface area (Å²) in [6.07, 6.45) is 1.55. The van der Waals surface area contributed by atoms with Crippen LogP contribution in [0.2, 0.25) is 0 Å². The fourth-order valence-corrected chi connectivity index (χ4v) is 1.95. The van der Waals surface area contributed by atoms with Crippen LogP contribution in [-0.4, -0.2) is 30.9 Å². The van der Waals surface area contributed by atoms with Crippen LogP contribution < -0.4 is 5.46 Å². The molecule has 1 atom stereocenters. The van der Waals surface area contributed by atoms with Crippen molar-refractivity contribution in [2.24, 2.45) is 4.99 Å². The Labute approximate surface area is 107 Å². The maximum absolute atomic E-state index is 10.3. The summed E-state index contributed by atoms with van der Waals surface area (Å²) in [6.45, 7) is 6.02. The fraction of sp³-hybridized carbons (Fsp3) is 0.462. The van der Waals surface area contributed by atoms with Crippen LogP contribution in [0.4, 0.5) is 0 Å². The van der Waals surface area contributed by atoms with E-state index in [0.717, 1.165) is 5.46 Å². The lowest BCUT2D eigenvalue weighted by molar-refractivity contribution is -0.00146. The molecular formula is C13H16BNO3. The number of carbonyl (C=O) groups excluding carboxylic acids is 1. The number of hydrogen-bond donors (Lipinski definition) is 0. The molecule has 2 rings (SSSR count). The van der Waals surface area contributed by atoms with E-state index in [4.69, 9.17) is 9.31 Å². The molecule has 0 spiro atoms. The highest BCUT2D eigenvalue weighted by Gasteiger charge is 2.54. The predicted molar refractivity (Wildman–Crippen MR) is 69.5 cm³/mol. The standard InChI is InChI=1S/C13H16BNO3/c1-12(2)13(3,9-15-10-16)18-14(17-12)11-7-5-4-6-8-11/h4-8H,9H2,1-3H3. The van der Waals surface area contributed by atoms with Gasteiger partial charge < -0.3 is 9.31 Å². The Kier molecular flexibility index (Phi) is 3.39. The van der Waals surface area contributed by atoms with E-state index in [2.05, 4.69) is 4.99 Å². The molecule has 0 radical (unpaired) electrons. The number of aliphatic imine (C=N–C) groups is 1. The zero-order chi connectivity index (χ0) is 13.2. The van der Waals surface area contributed by atoms with Crippen LogP contribution in [0.25, 0.3) is 0 Å². The second-order valence-electron chi connectivity index (χ2n) is 5.13. The van der Waals surface area contributed by atoms with Crippen molar-refractivity contribution in [1.29, 1.82) is 0 Å². The Morgan fingerprint density at radius 3 is 2.50 bits per heavy atom. The normalized spacial score (nSPS) is 25.8. The monoisotopic (exact) mass is 245 g/mol. The van der Waals surface area contributed by atoms with Crippen molar-refractivity contribution in [3.63, 3.8) is 0 Å². The quantitative estimate of drug-likeness (QED) is 0.458. The van der Waals surface area contributed by atoms with Crippen molar-refractivity contribution in [2.75, 3.05) is 6.54 Å². The first-order valence-electron chi connectivity index (χ1n) is 5.93.